The molecule has 1 saturated heterocycles. The van der Waals surface area contributed by atoms with Crippen LogP contribution in [0.15, 0.2) is 18.2 Å². The van der Waals surface area contributed by atoms with Crippen molar-refractivity contribution in [2.45, 2.75) is 38.9 Å². The summed E-state index contributed by atoms with van der Waals surface area (Å²) in [6.07, 6.45) is 1.61. The predicted molar refractivity (Wildman–Crippen MR) is 78.3 cm³/mol. The monoisotopic (exact) mass is 297 g/mol. The second-order valence-corrected chi connectivity index (χ2v) is 5.48. The first kappa shape index (κ1) is 15.1. The van der Waals surface area contributed by atoms with Crippen LogP contribution in [0.2, 0.25) is 5.02 Å². The van der Waals surface area contributed by atoms with E-state index in [2.05, 4.69) is 5.32 Å². The fourth-order valence-electron chi connectivity index (χ4n) is 2.11. The van der Waals surface area contributed by atoms with E-state index >= 15 is 0 Å². The summed E-state index contributed by atoms with van der Waals surface area (Å²) in [5, 5.41) is 3.36. The van der Waals surface area contributed by atoms with Gasteiger partial charge in [0, 0.05) is 13.2 Å². The molecule has 0 aliphatic carbocycles. The van der Waals surface area contributed by atoms with Crippen molar-refractivity contribution in [3.8, 4) is 5.75 Å². The summed E-state index contributed by atoms with van der Waals surface area (Å²) < 4.78 is 11.1. The van der Waals surface area contributed by atoms with Crippen LogP contribution in [0.1, 0.15) is 25.3 Å². The molecule has 0 unspecified atom stereocenters. The minimum absolute atomic E-state index is 0.133. The molecule has 0 radical (unpaired) electrons. The zero-order chi connectivity index (χ0) is 14.5. The maximum Gasteiger partial charge on any atom is 0.260 e. The van der Waals surface area contributed by atoms with Crippen LogP contribution in [0.4, 0.5) is 0 Å². The second kappa shape index (κ2) is 6.95. The van der Waals surface area contributed by atoms with Crippen molar-refractivity contribution in [1.29, 1.82) is 0 Å². The molecule has 4 nitrogen and oxygen atoms in total. The molecule has 1 aromatic rings. The van der Waals surface area contributed by atoms with E-state index in [9.17, 15) is 4.79 Å². The molecule has 2 atom stereocenters. The largest absolute Gasteiger partial charge is 0.479 e. The molecule has 1 aliphatic rings. The molecule has 1 amide bonds. The molecule has 1 aliphatic heterocycles. The van der Waals surface area contributed by atoms with E-state index in [1.807, 2.05) is 19.1 Å². The molecule has 20 heavy (non-hydrogen) atoms. The van der Waals surface area contributed by atoms with E-state index < -0.39 is 6.10 Å². The smallest absolute Gasteiger partial charge is 0.260 e. The lowest BCUT2D eigenvalue weighted by atomic mass is 10.2. The molecule has 0 bridgehead atoms. The molecule has 2 rings (SSSR count). The summed E-state index contributed by atoms with van der Waals surface area (Å²) in [4.78, 5) is 12.0. The number of aryl methyl sites for hydroxylation is 1. The van der Waals surface area contributed by atoms with Gasteiger partial charge in [0.2, 0.25) is 0 Å². The highest BCUT2D eigenvalue weighted by molar-refractivity contribution is 6.32. The Balaban J connectivity index is 1.85. The maximum atomic E-state index is 12.0. The molecule has 0 aromatic heterocycles. The van der Waals surface area contributed by atoms with Gasteiger partial charge in [-0.1, -0.05) is 17.7 Å². The first-order chi connectivity index (χ1) is 9.56. The lowest BCUT2D eigenvalue weighted by Gasteiger charge is -2.17. The average Bonchev–Trinajstić information content (AvgIpc) is 2.93. The standard InChI is InChI=1S/C15H20ClNO3/c1-10-5-6-13(16)14(8-10)20-11(2)15(18)17-9-12-4-3-7-19-12/h5-6,8,11-12H,3-4,7,9H2,1-2H3,(H,17,18)/t11-,12-/m0/s1. The van der Waals surface area contributed by atoms with Crippen LogP contribution in [-0.2, 0) is 9.53 Å². The van der Waals surface area contributed by atoms with Crippen molar-refractivity contribution < 1.29 is 14.3 Å². The number of carbonyl (C=O) groups is 1. The summed E-state index contributed by atoms with van der Waals surface area (Å²) in [5.74, 6) is 0.379. The Hall–Kier alpha value is -1.26. The molecule has 1 N–H and O–H groups in total. The van der Waals surface area contributed by atoms with Crippen LogP contribution in [0.5, 0.6) is 5.75 Å². The van der Waals surface area contributed by atoms with Gasteiger partial charge in [-0.3, -0.25) is 4.79 Å². The number of amides is 1. The van der Waals surface area contributed by atoms with Crippen LogP contribution >= 0.6 is 11.6 Å². The molecule has 0 saturated carbocycles. The van der Waals surface area contributed by atoms with E-state index in [0.717, 1.165) is 25.0 Å². The SMILES string of the molecule is Cc1ccc(Cl)c(O[C@@H](C)C(=O)NC[C@@H]2CCCO2)c1. The number of hydrogen-bond donors (Lipinski definition) is 1. The quantitative estimate of drug-likeness (QED) is 0.909. The topological polar surface area (TPSA) is 47.6 Å². The Labute approximate surface area is 124 Å². The van der Waals surface area contributed by atoms with Crippen molar-refractivity contribution in [3.05, 3.63) is 28.8 Å². The van der Waals surface area contributed by atoms with E-state index in [1.165, 1.54) is 0 Å². The summed E-state index contributed by atoms with van der Waals surface area (Å²) in [6.45, 7) is 4.98. The van der Waals surface area contributed by atoms with E-state index in [-0.39, 0.29) is 12.0 Å². The summed E-state index contributed by atoms with van der Waals surface area (Å²) >= 11 is 6.05. The van der Waals surface area contributed by atoms with Gasteiger partial charge < -0.3 is 14.8 Å². The minimum atomic E-state index is -0.587. The van der Waals surface area contributed by atoms with E-state index in [0.29, 0.717) is 17.3 Å². The number of ether oxygens (including phenoxy) is 2. The van der Waals surface area contributed by atoms with Crippen molar-refractivity contribution in [1.82, 2.24) is 5.32 Å². The van der Waals surface area contributed by atoms with Crippen LogP contribution in [0.25, 0.3) is 0 Å². The Bertz CT molecular complexity index is 472. The lowest BCUT2D eigenvalue weighted by molar-refractivity contribution is -0.127. The molecule has 0 spiro atoms. The summed E-state index contributed by atoms with van der Waals surface area (Å²) in [7, 11) is 0. The van der Waals surface area contributed by atoms with Gasteiger partial charge in [-0.25, -0.2) is 0 Å². The third-order valence-electron chi connectivity index (χ3n) is 3.29. The minimum Gasteiger partial charge on any atom is -0.479 e. The first-order valence-electron chi connectivity index (χ1n) is 6.88. The molecule has 110 valence electrons. The van der Waals surface area contributed by atoms with Gasteiger partial charge in [0.1, 0.15) is 5.75 Å². The highest BCUT2D eigenvalue weighted by Gasteiger charge is 2.20. The van der Waals surface area contributed by atoms with Crippen molar-refractivity contribution >= 4 is 17.5 Å². The second-order valence-electron chi connectivity index (χ2n) is 5.07. The van der Waals surface area contributed by atoms with Crippen molar-refractivity contribution in [3.63, 3.8) is 0 Å². The van der Waals surface area contributed by atoms with E-state index in [1.54, 1.807) is 13.0 Å². The number of rotatable bonds is 5. The first-order valence-corrected chi connectivity index (χ1v) is 7.26. The van der Waals surface area contributed by atoms with Gasteiger partial charge in [0.05, 0.1) is 11.1 Å². The number of carbonyl (C=O) groups excluding carboxylic acids is 1. The summed E-state index contributed by atoms with van der Waals surface area (Å²) in [5.41, 5.74) is 1.04. The van der Waals surface area contributed by atoms with Crippen LogP contribution in [0.3, 0.4) is 0 Å². The highest BCUT2D eigenvalue weighted by atomic mass is 35.5. The maximum absolute atomic E-state index is 12.0. The fourth-order valence-corrected chi connectivity index (χ4v) is 2.27. The molecular formula is C15H20ClNO3. The molecule has 5 heteroatoms. The summed E-state index contributed by atoms with van der Waals surface area (Å²) in [6, 6.07) is 5.49. The third kappa shape index (κ3) is 4.12. The molecule has 1 fully saturated rings. The highest BCUT2D eigenvalue weighted by Crippen LogP contribution is 2.26. The number of halogens is 1. The van der Waals surface area contributed by atoms with E-state index in [4.69, 9.17) is 21.1 Å². The lowest BCUT2D eigenvalue weighted by Crippen LogP contribution is -2.40. The van der Waals surface area contributed by atoms with Gasteiger partial charge >= 0.3 is 0 Å². The molecular weight excluding hydrogens is 278 g/mol. The predicted octanol–water partition coefficient (Wildman–Crippen LogP) is 2.71. The third-order valence-corrected chi connectivity index (χ3v) is 3.60. The number of nitrogens with one attached hydrogen (secondary N) is 1. The van der Waals surface area contributed by atoms with Crippen LogP contribution in [0, 0.1) is 6.92 Å². The molecule has 1 heterocycles. The zero-order valence-corrected chi connectivity index (χ0v) is 12.6. The fraction of sp³-hybridized carbons (Fsp3) is 0.533. The van der Waals surface area contributed by atoms with Gasteiger partial charge in [-0.2, -0.15) is 0 Å². The van der Waals surface area contributed by atoms with Gasteiger partial charge in [0.15, 0.2) is 6.10 Å². The number of hydrogen-bond acceptors (Lipinski definition) is 3. The number of benzene rings is 1. The van der Waals surface area contributed by atoms with Gasteiger partial charge in [0.25, 0.3) is 5.91 Å². The van der Waals surface area contributed by atoms with Crippen LogP contribution in [-0.4, -0.2) is 31.3 Å². The Kier molecular flexibility index (Phi) is 5.26. The normalized spacial score (nSPS) is 19.6. The van der Waals surface area contributed by atoms with Crippen molar-refractivity contribution in [2.75, 3.05) is 13.2 Å². The van der Waals surface area contributed by atoms with Gasteiger partial charge in [-0.05, 0) is 44.4 Å². The Morgan fingerprint density at radius 1 is 1.60 bits per heavy atom. The Morgan fingerprint density at radius 3 is 3.10 bits per heavy atom. The van der Waals surface area contributed by atoms with Crippen LogP contribution < -0.4 is 10.1 Å². The average molecular weight is 298 g/mol. The van der Waals surface area contributed by atoms with Gasteiger partial charge in [-0.15, -0.1) is 0 Å². The molecule has 1 aromatic carbocycles. The zero-order valence-electron chi connectivity index (χ0n) is 11.8. The van der Waals surface area contributed by atoms with Crippen molar-refractivity contribution in [2.24, 2.45) is 0 Å². The Morgan fingerprint density at radius 2 is 2.40 bits per heavy atom.